The summed E-state index contributed by atoms with van der Waals surface area (Å²) in [5, 5.41) is 18.7. The number of carbonyl (C=O) groups excluding carboxylic acids is 1. The van der Waals surface area contributed by atoms with Gasteiger partial charge in [0, 0.05) is 49.2 Å². The van der Waals surface area contributed by atoms with Gasteiger partial charge in [0.05, 0.1) is 18.5 Å². The van der Waals surface area contributed by atoms with Crippen LogP contribution in [0.5, 0.6) is 5.75 Å². The van der Waals surface area contributed by atoms with Crippen LogP contribution in [0.15, 0.2) is 84.0 Å². The van der Waals surface area contributed by atoms with E-state index in [-0.39, 0.29) is 42.7 Å². The highest BCUT2D eigenvalue weighted by atomic mass is 32.2. The Morgan fingerprint density at radius 2 is 1.72 bits per heavy atom. The lowest BCUT2D eigenvalue weighted by atomic mass is 9.66. The second-order valence-corrected chi connectivity index (χ2v) is 16.4. The van der Waals surface area contributed by atoms with Crippen molar-refractivity contribution in [3.05, 3.63) is 113 Å². The number of para-hydroxylation sites is 1. The van der Waals surface area contributed by atoms with Gasteiger partial charge in [-0.1, -0.05) is 62.4 Å². The highest BCUT2D eigenvalue weighted by Gasteiger charge is 2.41. The number of ketones is 1. The average molecular weight is 738 g/mol. The zero-order valence-corrected chi connectivity index (χ0v) is 31.9. The van der Waals surface area contributed by atoms with Gasteiger partial charge in [-0.05, 0) is 90.9 Å². The van der Waals surface area contributed by atoms with Gasteiger partial charge in [-0.15, -0.1) is 5.10 Å². The van der Waals surface area contributed by atoms with Gasteiger partial charge >= 0.3 is 5.97 Å². The molecular formula is C41H47N5O6S. The number of sulfonamides is 1. The van der Waals surface area contributed by atoms with E-state index in [1.807, 2.05) is 76.6 Å². The summed E-state index contributed by atoms with van der Waals surface area (Å²) in [6.45, 7) is 12.7. The molecule has 3 aromatic carbocycles. The third-order valence-corrected chi connectivity index (χ3v) is 12.6. The van der Waals surface area contributed by atoms with Crippen molar-refractivity contribution >= 4 is 32.8 Å². The number of rotatable bonds is 13. The van der Waals surface area contributed by atoms with Crippen molar-refractivity contribution < 1.29 is 27.9 Å². The van der Waals surface area contributed by atoms with E-state index >= 15 is 0 Å². The van der Waals surface area contributed by atoms with Crippen LogP contribution < -0.4 is 4.74 Å². The van der Waals surface area contributed by atoms with Crippen LogP contribution in [0, 0.1) is 19.3 Å². The molecule has 278 valence electrons. The molecule has 0 aliphatic carbocycles. The molecule has 1 aliphatic rings. The number of hydrogen-bond acceptors (Lipinski definition) is 8. The van der Waals surface area contributed by atoms with Gasteiger partial charge in [-0.2, -0.15) is 4.31 Å². The Balaban J connectivity index is 1.46. The number of aliphatic carboxylic acids is 1. The fourth-order valence-electron chi connectivity index (χ4n) is 7.55. The molecule has 1 N–H and O–H groups in total. The number of pyridine rings is 1. The van der Waals surface area contributed by atoms with E-state index in [0.29, 0.717) is 18.7 Å². The van der Waals surface area contributed by atoms with Crippen LogP contribution in [-0.2, 0) is 32.7 Å². The first-order chi connectivity index (χ1) is 25.3. The Hall–Kier alpha value is -4.94. The summed E-state index contributed by atoms with van der Waals surface area (Å²) >= 11 is 0. The fourth-order valence-corrected chi connectivity index (χ4v) is 9.12. The zero-order chi connectivity index (χ0) is 38.1. The van der Waals surface area contributed by atoms with E-state index in [0.717, 1.165) is 44.4 Å². The number of hydrogen-bond donors (Lipinski definition) is 1. The van der Waals surface area contributed by atoms with Crippen molar-refractivity contribution in [3.8, 4) is 5.75 Å². The van der Waals surface area contributed by atoms with Crippen LogP contribution in [0.3, 0.4) is 0 Å². The van der Waals surface area contributed by atoms with Crippen molar-refractivity contribution in [2.24, 2.45) is 5.41 Å². The van der Waals surface area contributed by atoms with E-state index in [9.17, 15) is 23.1 Å². The van der Waals surface area contributed by atoms with E-state index in [4.69, 9.17) is 4.74 Å². The van der Waals surface area contributed by atoms with E-state index < -0.39 is 33.2 Å². The van der Waals surface area contributed by atoms with E-state index in [1.165, 1.54) is 4.31 Å². The molecule has 1 aliphatic heterocycles. The lowest BCUT2D eigenvalue weighted by Gasteiger charge is -2.36. The molecule has 0 fully saturated rings. The Labute approximate surface area is 311 Å². The molecule has 5 aromatic rings. The van der Waals surface area contributed by atoms with Gasteiger partial charge in [-0.25, -0.2) is 13.1 Å². The minimum atomic E-state index is -3.90. The van der Waals surface area contributed by atoms with Crippen LogP contribution in [0.25, 0.3) is 11.0 Å². The Kier molecular flexibility index (Phi) is 10.8. The maximum absolute atomic E-state index is 14.7. The lowest BCUT2D eigenvalue weighted by molar-refractivity contribution is -0.137. The maximum atomic E-state index is 14.7. The van der Waals surface area contributed by atoms with Crippen molar-refractivity contribution in [2.75, 3.05) is 6.54 Å². The number of aromatic nitrogens is 4. The summed E-state index contributed by atoms with van der Waals surface area (Å²) in [6.07, 6.45) is 3.32. The summed E-state index contributed by atoms with van der Waals surface area (Å²) in [7, 11) is -3.90. The first-order valence-corrected chi connectivity index (χ1v) is 19.5. The summed E-state index contributed by atoms with van der Waals surface area (Å²) in [4.78, 5) is 30.9. The molecule has 3 heterocycles. The van der Waals surface area contributed by atoms with Crippen molar-refractivity contribution in [3.63, 3.8) is 0 Å². The predicted molar refractivity (Wildman–Crippen MR) is 202 cm³/mol. The van der Waals surface area contributed by atoms with Gasteiger partial charge in [0.15, 0.2) is 0 Å². The molecule has 12 heteroatoms. The fraction of sp³-hybridized carbons (Fsp3) is 0.390. The second kappa shape index (κ2) is 15.2. The maximum Gasteiger partial charge on any atom is 0.303 e. The van der Waals surface area contributed by atoms with Gasteiger partial charge in [-0.3, -0.25) is 14.6 Å². The van der Waals surface area contributed by atoms with Gasteiger partial charge in [0.1, 0.15) is 28.0 Å². The van der Waals surface area contributed by atoms with Crippen LogP contribution in [-0.4, -0.2) is 62.2 Å². The first kappa shape index (κ1) is 37.8. The van der Waals surface area contributed by atoms with Crippen molar-refractivity contribution in [1.82, 2.24) is 24.3 Å². The predicted octanol–water partition coefficient (Wildman–Crippen LogP) is 7.20. The molecule has 1 unspecified atom stereocenters. The van der Waals surface area contributed by atoms with Crippen LogP contribution in [0.1, 0.15) is 92.2 Å². The number of benzene rings is 3. The molecular weight excluding hydrogens is 691 g/mol. The van der Waals surface area contributed by atoms with Gasteiger partial charge in [0.2, 0.25) is 10.0 Å². The van der Waals surface area contributed by atoms with E-state index in [1.54, 1.807) is 48.8 Å². The lowest BCUT2D eigenvalue weighted by Crippen LogP contribution is -2.37. The summed E-state index contributed by atoms with van der Waals surface area (Å²) in [5.74, 6) is -1.78. The molecule has 2 aromatic heterocycles. The van der Waals surface area contributed by atoms with Crippen molar-refractivity contribution in [1.29, 1.82) is 0 Å². The summed E-state index contributed by atoms with van der Waals surface area (Å²) in [6, 6.07) is 20.3. The number of Topliss-reactive ketones (excluding diaryl/α,β-unsaturated/α-hetero) is 1. The minimum absolute atomic E-state index is 0.00960. The topological polar surface area (TPSA) is 145 Å². The molecule has 0 amide bonds. The SMILES string of the molecule is CC[C@@H]1CN(Cc2cc([C@@H](c3ccc4c(nnn4CC)c3C)C(C)(C)C(=O)CC(CC(=O)O)c3ccncc3)ccc2C)S(=O)(=O)c2ccccc2O1. The van der Waals surface area contributed by atoms with Gasteiger partial charge < -0.3 is 9.84 Å². The number of ether oxygens (including phenoxy) is 1. The average Bonchev–Trinajstić information content (AvgIpc) is 3.53. The smallest absolute Gasteiger partial charge is 0.303 e. The monoisotopic (exact) mass is 737 g/mol. The number of nitrogens with zero attached hydrogens (tertiary/aromatic N) is 5. The zero-order valence-electron chi connectivity index (χ0n) is 31.1. The van der Waals surface area contributed by atoms with Crippen molar-refractivity contribution in [2.45, 2.75) is 96.7 Å². The van der Waals surface area contributed by atoms with Crippen LogP contribution >= 0.6 is 0 Å². The molecule has 0 spiro atoms. The second-order valence-electron chi connectivity index (χ2n) is 14.5. The molecule has 0 bridgehead atoms. The normalized spacial score (nSPS) is 17.1. The quantitative estimate of drug-likeness (QED) is 0.133. The number of fused-ring (bicyclic) bond motifs is 2. The first-order valence-electron chi connectivity index (χ1n) is 18.1. The highest BCUT2D eigenvalue weighted by molar-refractivity contribution is 7.89. The molecule has 0 saturated heterocycles. The van der Waals surface area contributed by atoms with Gasteiger partial charge in [0.25, 0.3) is 0 Å². The number of carboxylic acid groups (broad SMARTS) is 1. The minimum Gasteiger partial charge on any atom is -0.488 e. The Bertz CT molecular complexity index is 2250. The molecule has 3 atom stereocenters. The third kappa shape index (κ3) is 7.48. The van der Waals surface area contributed by atoms with E-state index in [2.05, 4.69) is 15.3 Å². The number of carbonyl (C=O) groups is 2. The number of carboxylic acids is 1. The Morgan fingerprint density at radius 3 is 2.42 bits per heavy atom. The third-order valence-electron chi connectivity index (χ3n) is 10.7. The molecule has 53 heavy (non-hydrogen) atoms. The highest BCUT2D eigenvalue weighted by Crippen LogP contribution is 2.46. The molecule has 0 radical (unpaired) electrons. The summed E-state index contributed by atoms with van der Waals surface area (Å²) in [5.41, 5.74) is 5.67. The Morgan fingerprint density at radius 1 is 0.981 bits per heavy atom. The van der Waals surface area contributed by atoms with Crippen LogP contribution in [0.4, 0.5) is 0 Å². The number of aryl methyl sites for hydroxylation is 3. The summed E-state index contributed by atoms with van der Waals surface area (Å²) < 4.78 is 37.7. The largest absolute Gasteiger partial charge is 0.488 e. The standard InChI is InChI=1S/C41H47N5O6S/c1-7-32-25-45(53(50,51)36-12-10-9-11-35(36)52-32)24-31-21-29(14-13-26(31)3)39(33-15-16-34-40(27(33)4)43-44-46(34)8-2)41(5,6)37(47)22-30(23-38(48)49)28-17-19-42-20-18-28/h9-21,30,32,39H,7-8,22-25H2,1-6H3,(H,48,49)/t30?,32-,39+/m1/s1. The van der Waals surface area contributed by atoms with Crippen LogP contribution in [0.2, 0.25) is 0 Å². The molecule has 6 rings (SSSR count). The molecule has 0 saturated carbocycles. The molecule has 11 nitrogen and oxygen atoms in total.